The fourth-order valence-electron chi connectivity index (χ4n) is 3.95. The first-order chi connectivity index (χ1) is 15.8. The van der Waals surface area contributed by atoms with Gasteiger partial charge in [-0.05, 0) is 54.1 Å². The standard InChI is InChI=1S/C24H23N5O3S/c1-12(2)17-5-4-6-18(26-17)20-21(28-33-23(20)27-22(30)16-9-13(16)3)14-7-8-19-15(10-14)11-25-29(19)24(31)32/h4-8,10-13,16H,9H2,1-3H3,(H,27,30)(H,31,32)/t13-,16-/m1/s1. The lowest BCUT2D eigenvalue weighted by molar-refractivity contribution is -0.117. The highest BCUT2D eigenvalue weighted by atomic mass is 32.1. The van der Waals surface area contributed by atoms with Crippen LogP contribution in [0.3, 0.4) is 0 Å². The van der Waals surface area contributed by atoms with Crippen LogP contribution in [0.5, 0.6) is 0 Å². The van der Waals surface area contributed by atoms with Gasteiger partial charge in [-0.25, -0.2) is 4.79 Å². The van der Waals surface area contributed by atoms with Crippen LogP contribution in [0.25, 0.3) is 33.4 Å². The van der Waals surface area contributed by atoms with E-state index in [0.29, 0.717) is 27.5 Å². The van der Waals surface area contributed by atoms with Crippen molar-refractivity contribution in [3.05, 3.63) is 48.3 Å². The number of rotatable bonds is 5. The van der Waals surface area contributed by atoms with Gasteiger partial charge in [0.05, 0.1) is 28.7 Å². The van der Waals surface area contributed by atoms with Crippen molar-refractivity contribution < 1.29 is 14.7 Å². The summed E-state index contributed by atoms with van der Waals surface area (Å²) in [6.07, 6.45) is 1.28. The Bertz CT molecular complexity index is 1390. The van der Waals surface area contributed by atoms with Gasteiger partial charge in [-0.3, -0.25) is 9.78 Å². The molecule has 1 saturated carbocycles. The number of hydrogen-bond acceptors (Lipinski definition) is 6. The number of amides is 1. The van der Waals surface area contributed by atoms with E-state index in [1.165, 1.54) is 17.7 Å². The van der Waals surface area contributed by atoms with Gasteiger partial charge >= 0.3 is 6.09 Å². The van der Waals surface area contributed by atoms with E-state index >= 15 is 0 Å². The molecule has 0 radical (unpaired) electrons. The number of anilines is 1. The van der Waals surface area contributed by atoms with Crippen molar-refractivity contribution in [2.75, 3.05) is 5.32 Å². The second kappa shape index (κ2) is 8.08. The molecule has 9 heteroatoms. The largest absolute Gasteiger partial charge is 0.463 e. The van der Waals surface area contributed by atoms with E-state index in [1.54, 1.807) is 6.07 Å². The molecule has 1 aliphatic rings. The van der Waals surface area contributed by atoms with Crippen molar-refractivity contribution in [2.45, 2.75) is 33.1 Å². The molecule has 33 heavy (non-hydrogen) atoms. The third kappa shape index (κ3) is 3.89. The Morgan fingerprint density at radius 3 is 2.73 bits per heavy atom. The fraction of sp³-hybridized carbons (Fsp3) is 0.292. The maximum atomic E-state index is 12.7. The molecular formula is C24H23N5O3S. The summed E-state index contributed by atoms with van der Waals surface area (Å²) in [7, 11) is 0. The average Bonchev–Trinajstić information content (AvgIpc) is 3.20. The Balaban J connectivity index is 1.63. The predicted molar refractivity (Wildman–Crippen MR) is 127 cm³/mol. The number of fused-ring (bicyclic) bond motifs is 1. The van der Waals surface area contributed by atoms with Crippen molar-refractivity contribution in [1.82, 2.24) is 19.1 Å². The van der Waals surface area contributed by atoms with Gasteiger partial charge in [-0.1, -0.05) is 32.9 Å². The summed E-state index contributed by atoms with van der Waals surface area (Å²) in [5, 5.41) is 17.7. The van der Waals surface area contributed by atoms with Crippen LogP contribution in [0.4, 0.5) is 9.80 Å². The molecule has 0 bridgehead atoms. The lowest BCUT2D eigenvalue weighted by atomic mass is 10.0. The lowest BCUT2D eigenvalue weighted by Crippen LogP contribution is -2.14. The number of pyridine rings is 1. The topological polar surface area (TPSA) is 110 Å². The van der Waals surface area contributed by atoms with Gasteiger partial charge in [-0.2, -0.15) is 14.2 Å². The van der Waals surface area contributed by atoms with Gasteiger partial charge in [0, 0.05) is 22.6 Å². The van der Waals surface area contributed by atoms with E-state index in [4.69, 9.17) is 4.98 Å². The van der Waals surface area contributed by atoms with Gasteiger partial charge in [0.15, 0.2) is 0 Å². The number of hydrogen-bond donors (Lipinski definition) is 2. The molecule has 2 N–H and O–H groups in total. The zero-order valence-corrected chi connectivity index (χ0v) is 19.3. The van der Waals surface area contributed by atoms with Gasteiger partial charge in [0.1, 0.15) is 5.00 Å². The molecular weight excluding hydrogens is 438 g/mol. The van der Waals surface area contributed by atoms with Crippen molar-refractivity contribution in [1.29, 1.82) is 0 Å². The van der Waals surface area contributed by atoms with Crippen LogP contribution in [0.2, 0.25) is 0 Å². The van der Waals surface area contributed by atoms with Crippen molar-refractivity contribution in [3.8, 4) is 22.5 Å². The van der Waals surface area contributed by atoms with Crippen molar-refractivity contribution in [3.63, 3.8) is 0 Å². The molecule has 0 unspecified atom stereocenters. The summed E-state index contributed by atoms with van der Waals surface area (Å²) in [5.41, 5.74) is 4.46. The molecule has 5 rings (SSSR count). The maximum Gasteiger partial charge on any atom is 0.432 e. The monoisotopic (exact) mass is 461 g/mol. The van der Waals surface area contributed by atoms with E-state index in [-0.39, 0.29) is 17.7 Å². The van der Waals surface area contributed by atoms with Crippen LogP contribution < -0.4 is 5.32 Å². The molecule has 0 saturated heterocycles. The molecule has 3 heterocycles. The van der Waals surface area contributed by atoms with Crippen LogP contribution in [0.1, 0.15) is 38.8 Å². The summed E-state index contributed by atoms with van der Waals surface area (Å²) >= 11 is 1.23. The number of carbonyl (C=O) groups excluding carboxylic acids is 1. The number of nitrogens with zero attached hydrogens (tertiary/aromatic N) is 4. The van der Waals surface area contributed by atoms with E-state index < -0.39 is 6.09 Å². The molecule has 1 aliphatic carbocycles. The van der Waals surface area contributed by atoms with Gasteiger partial charge in [0.2, 0.25) is 5.91 Å². The highest BCUT2D eigenvalue weighted by Gasteiger charge is 2.39. The maximum absolute atomic E-state index is 12.7. The molecule has 8 nitrogen and oxygen atoms in total. The smallest absolute Gasteiger partial charge is 0.432 e. The molecule has 168 valence electrons. The molecule has 1 amide bonds. The van der Waals surface area contributed by atoms with Crippen LogP contribution in [0, 0.1) is 11.8 Å². The minimum Gasteiger partial charge on any atom is -0.463 e. The van der Waals surface area contributed by atoms with Crippen LogP contribution >= 0.6 is 11.5 Å². The number of carbonyl (C=O) groups is 2. The Hall–Kier alpha value is -3.59. The van der Waals surface area contributed by atoms with Crippen molar-refractivity contribution >= 4 is 39.4 Å². The quantitative estimate of drug-likeness (QED) is 0.408. The zero-order valence-electron chi connectivity index (χ0n) is 18.4. The molecule has 1 fully saturated rings. The van der Waals surface area contributed by atoms with Gasteiger partial charge < -0.3 is 10.4 Å². The Labute approximate surface area is 194 Å². The van der Waals surface area contributed by atoms with E-state index in [2.05, 4.69) is 35.6 Å². The van der Waals surface area contributed by atoms with Crippen LogP contribution in [-0.4, -0.2) is 36.2 Å². The Morgan fingerprint density at radius 2 is 2.03 bits per heavy atom. The molecule has 0 aliphatic heterocycles. The summed E-state index contributed by atoms with van der Waals surface area (Å²) in [6.45, 7) is 6.25. The molecule has 0 spiro atoms. The highest BCUT2D eigenvalue weighted by molar-refractivity contribution is 7.11. The highest BCUT2D eigenvalue weighted by Crippen LogP contribution is 2.43. The molecule has 2 atom stereocenters. The summed E-state index contributed by atoms with van der Waals surface area (Å²) in [5.74, 6) is 0.702. The van der Waals surface area contributed by atoms with E-state index in [1.807, 2.05) is 30.3 Å². The summed E-state index contributed by atoms with van der Waals surface area (Å²) < 4.78 is 5.62. The third-order valence-electron chi connectivity index (χ3n) is 6.02. The third-order valence-corrected chi connectivity index (χ3v) is 6.78. The molecule has 1 aromatic carbocycles. The average molecular weight is 462 g/mol. The SMILES string of the molecule is CC(C)c1cccc(-c2c(-c3ccc4c(cnn4C(=O)O)c3)nsc2NC(=O)[C@@H]2C[C@H]2C)n1. The fourth-order valence-corrected chi connectivity index (χ4v) is 4.77. The number of nitrogens with one attached hydrogen (secondary N) is 1. The van der Waals surface area contributed by atoms with Crippen LogP contribution in [-0.2, 0) is 4.79 Å². The Kier molecular flexibility index (Phi) is 5.20. The minimum absolute atomic E-state index is 0.0113. The number of aromatic nitrogens is 4. The lowest BCUT2D eigenvalue weighted by Gasteiger charge is -2.11. The second-order valence-electron chi connectivity index (χ2n) is 8.76. The van der Waals surface area contributed by atoms with Crippen LogP contribution in [0.15, 0.2) is 42.6 Å². The normalized spacial score (nSPS) is 17.5. The number of benzene rings is 1. The first kappa shape index (κ1) is 21.3. The van der Waals surface area contributed by atoms with Crippen molar-refractivity contribution in [2.24, 2.45) is 11.8 Å². The van der Waals surface area contributed by atoms with Gasteiger partial charge in [0.25, 0.3) is 0 Å². The first-order valence-corrected chi connectivity index (χ1v) is 11.6. The van der Waals surface area contributed by atoms with E-state index in [0.717, 1.165) is 33.6 Å². The Morgan fingerprint density at radius 1 is 1.24 bits per heavy atom. The second-order valence-corrected chi connectivity index (χ2v) is 9.53. The summed E-state index contributed by atoms with van der Waals surface area (Å²) in [6, 6.07) is 11.3. The molecule has 4 aromatic rings. The number of carboxylic acid groups (broad SMARTS) is 1. The first-order valence-electron chi connectivity index (χ1n) is 10.8. The summed E-state index contributed by atoms with van der Waals surface area (Å²) in [4.78, 5) is 29.0. The van der Waals surface area contributed by atoms with E-state index in [9.17, 15) is 14.7 Å². The van der Waals surface area contributed by atoms with Gasteiger partial charge in [-0.15, -0.1) is 0 Å². The molecule has 3 aromatic heterocycles. The zero-order chi connectivity index (χ0) is 23.3. The predicted octanol–water partition coefficient (Wildman–Crippen LogP) is 5.47. The minimum atomic E-state index is -1.14.